The van der Waals surface area contributed by atoms with E-state index in [1.807, 2.05) is 37.9 Å². The minimum Gasteiger partial charge on any atom is -0.437 e. The van der Waals surface area contributed by atoms with Gasteiger partial charge in [-0.05, 0) is 170 Å². The van der Waals surface area contributed by atoms with Crippen LogP contribution in [-0.2, 0) is 13.1 Å². The molecule has 2 fully saturated rings. The summed E-state index contributed by atoms with van der Waals surface area (Å²) in [6, 6.07) is 8.80. The standard InChI is InChI=1S/C28H35BClN4O.C27H32ClN4/c1-19-20(2)33(18-32-19)13-5-6-22-16-23-17-24(30)8-9-25(23)27(28-26(22)7-4-12-31-28)21-10-14-34(15-11-21)29(3)35;1-18-19(2)32(17-31-18)14-4-5-21-15-22-16-23(28)7-8-24(22)26(20-9-12-29-13-10-20)27-25(21)6-3-11-30-27/h4,7-9,12,17-18,21-22,35H,5-6,10-11,13-16H2,1-3H3;3,6-8,11,16-17,20-21,29H,4-5,9-10,12-15H2,1-2H3/q2*+1. The zero-order valence-corrected chi connectivity index (χ0v) is 41.6. The van der Waals surface area contributed by atoms with Gasteiger partial charge in [-0.25, -0.2) is 19.9 Å². The average Bonchev–Trinajstić information content (AvgIpc) is 3.73. The van der Waals surface area contributed by atoms with Gasteiger partial charge in [0.1, 0.15) is 32.6 Å². The van der Waals surface area contributed by atoms with Gasteiger partial charge < -0.3 is 24.3 Å². The quantitative estimate of drug-likeness (QED) is 0.114. The summed E-state index contributed by atoms with van der Waals surface area (Å²) in [6.45, 7) is 16.3. The van der Waals surface area contributed by atoms with Crippen molar-refractivity contribution in [1.29, 1.82) is 0 Å². The van der Waals surface area contributed by atoms with E-state index >= 15 is 0 Å². The van der Waals surface area contributed by atoms with E-state index in [1.165, 1.54) is 68.0 Å². The summed E-state index contributed by atoms with van der Waals surface area (Å²) in [4.78, 5) is 21.1. The summed E-state index contributed by atoms with van der Waals surface area (Å²) in [5.74, 6) is 4.52. The molecule has 4 aliphatic carbocycles. The van der Waals surface area contributed by atoms with Crippen molar-refractivity contribution in [3.05, 3.63) is 164 Å². The van der Waals surface area contributed by atoms with Gasteiger partial charge in [-0.3, -0.25) is 0 Å². The van der Waals surface area contributed by atoms with Crippen LogP contribution >= 0.6 is 23.2 Å². The van der Waals surface area contributed by atoms with Gasteiger partial charge in [-0.2, -0.15) is 0 Å². The maximum atomic E-state index is 10.1. The molecule has 2 saturated heterocycles. The van der Waals surface area contributed by atoms with E-state index in [9.17, 15) is 5.02 Å². The first-order valence-electron chi connectivity index (χ1n) is 24.8. The number of imidazole rings is 2. The second-order valence-corrected chi connectivity index (χ2v) is 20.5. The fourth-order valence-electron chi connectivity index (χ4n) is 11.5. The maximum Gasteiger partial charge on any atom is 0.376 e. The molecule has 10 rings (SSSR count). The van der Waals surface area contributed by atoms with E-state index in [-0.39, 0.29) is 7.05 Å². The highest BCUT2D eigenvalue weighted by Crippen LogP contribution is 2.50. The van der Waals surface area contributed by atoms with E-state index in [4.69, 9.17) is 33.2 Å². The molecule has 348 valence electrons. The Morgan fingerprint density at radius 2 is 1.13 bits per heavy atom. The van der Waals surface area contributed by atoms with E-state index in [2.05, 4.69) is 112 Å². The number of aryl methyl sites for hydroxylation is 4. The Morgan fingerprint density at radius 1 is 0.672 bits per heavy atom. The molecule has 9 nitrogen and oxygen atoms in total. The Bertz CT molecular complexity index is 2590. The van der Waals surface area contributed by atoms with Crippen LogP contribution in [0.1, 0.15) is 121 Å². The molecule has 2 N–H and O–H groups in total. The number of rotatable bonds is 11. The van der Waals surface area contributed by atoms with Crippen molar-refractivity contribution >= 4 is 41.4 Å². The monoisotopic (exact) mass is 936 g/mol. The number of hydrogen-bond acceptors (Lipinski definition) is 7. The summed E-state index contributed by atoms with van der Waals surface area (Å²) in [6.07, 6.45) is 31.6. The van der Waals surface area contributed by atoms with Crippen molar-refractivity contribution in [3.63, 3.8) is 0 Å². The summed E-state index contributed by atoms with van der Waals surface area (Å²) < 4.78 is 4.56. The molecular formula is C55H67BCl2N8O+2. The molecule has 6 heterocycles. The highest BCUT2D eigenvalue weighted by atomic mass is 35.5. The molecular weight excluding hydrogens is 870 g/mol. The fraction of sp³-hybridized carbons (Fsp3) is 0.455. The highest BCUT2D eigenvalue weighted by Gasteiger charge is 2.41. The van der Waals surface area contributed by atoms with Gasteiger partial charge in [-0.1, -0.05) is 12.1 Å². The number of nitrogens with zero attached hydrogens (tertiary/aromatic N) is 7. The van der Waals surface area contributed by atoms with E-state index in [0.29, 0.717) is 23.7 Å². The zero-order chi connectivity index (χ0) is 46.6. The molecule has 4 aromatic heterocycles. The first-order chi connectivity index (χ1) is 32.5. The van der Waals surface area contributed by atoms with Crippen molar-refractivity contribution in [2.24, 2.45) is 11.8 Å². The number of hydrogen-bond donors (Lipinski definition) is 2. The molecule has 0 amide bonds. The Labute approximate surface area is 409 Å². The van der Waals surface area contributed by atoms with E-state index < -0.39 is 0 Å². The molecule has 0 aromatic carbocycles. The third kappa shape index (κ3) is 10.5. The van der Waals surface area contributed by atoms with Crippen LogP contribution in [0, 0.1) is 51.4 Å². The van der Waals surface area contributed by atoms with E-state index in [0.717, 1.165) is 125 Å². The zero-order valence-electron chi connectivity index (χ0n) is 40.1. The number of piperidine rings is 2. The molecule has 12 heteroatoms. The van der Waals surface area contributed by atoms with Gasteiger partial charge >= 0.3 is 7.05 Å². The van der Waals surface area contributed by atoms with Gasteiger partial charge in [0.25, 0.3) is 0 Å². The van der Waals surface area contributed by atoms with Crippen LogP contribution in [0.25, 0.3) is 11.1 Å². The fourth-order valence-corrected chi connectivity index (χ4v) is 11.9. The number of aromatic nitrogens is 6. The van der Waals surface area contributed by atoms with Gasteiger partial charge in [-0.15, -0.1) is 0 Å². The summed E-state index contributed by atoms with van der Waals surface area (Å²) in [7, 11) is -0.390. The first kappa shape index (κ1) is 47.5. The van der Waals surface area contributed by atoms with Gasteiger partial charge in [0.2, 0.25) is 0 Å². The average molecular weight is 938 g/mol. The Morgan fingerprint density at radius 3 is 1.57 bits per heavy atom. The largest absolute Gasteiger partial charge is 0.437 e. The number of allylic oxidation sites excluding steroid dienone is 12. The predicted molar refractivity (Wildman–Crippen MR) is 275 cm³/mol. The van der Waals surface area contributed by atoms with Crippen molar-refractivity contribution in [2.45, 2.75) is 124 Å². The van der Waals surface area contributed by atoms with Crippen LogP contribution < -0.4 is 5.32 Å². The lowest BCUT2D eigenvalue weighted by molar-refractivity contribution is 0.281. The maximum absolute atomic E-state index is 10.1. The van der Waals surface area contributed by atoms with Crippen molar-refractivity contribution in [1.82, 2.24) is 39.2 Å². The molecule has 0 saturated carbocycles. The second kappa shape index (κ2) is 21.4. The predicted octanol–water partition coefficient (Wildman–Crippen LogP) is 11.6. The summed E-state index contributed by atoms with van der Waals surface area (Å²) >= 11 is 13.0. The van der Waals surface area contributed by atoms with Crippen LogP contribution in [0.4, 0.5) is 0 Å². The number of pyridine rings is 2. The lowest BCUT2D eigenvalue weighted by Gasteiger charge is -2.33. The molecule has 2 aliphatic heterocycles. The molecule has 0 spiro atoms. The molecule has 2 atom stereocenters. The normalized spacial score (nSPS) is 21.1. The highest BCUT2D eigenvalue weighted by molar-refractivity contribution is 6.45. The van der Waals surface area contributed by atoms with Gasteiger partial charge in [0.15, 0.2) is 0 Å². The van der Waals surface area contributed by atoms with Crippen LogP contribution in [0.3, 0.4) is 0 Å². The topological polar surface area (TPSA) is 96.9 Å². The van der Waals surface area contributed by atoms with Crippen LogP contribution in [0.15, 0.2) is 107 Å². The molecule has 4 aromatic rings. The summed E-state index contributed by atoms with van der Waals surface area (Å²) in [5, 5.41) is 15.2. The second-order valence-electron chi connectivity index (χ2n) is 19.6. The molecule has 6 aliphatic rings. The first-order valence-corrected chi connectivity index (χ1v) is 25.6. The minimum absolute atomic E-state index is 0.390. The Kier molecular flexibility index (Phi) is 15.2. The van der Waals surface area contributed by atoms with Crippen molar-refractivity contribution in [2.75, 3.05) is 26.2 Å². The molecule has 2 unspecified atom stereocenters. The third-order valence-electron chi connectivity index (χ3n) is 15.5. The SMILES string of the molecule is CB(O)N1CCC(C2=C3C=CC(Cl)=C[C+]3CC(CCCn3cnc(C)c3C)c3cccnc32)CC1.Cc1ncn(CCCC2C[C+]3C=C(Cl)C=CC3=C(C3CCNCC3)c3ncccc32)c1C. The van der Waals surface area contributed by atoms with Gasteiger partial charge in [0, 0.05) is 110 Å². The summed E-state index contributed by atoms with van der Waals surface area (Å²) in [5.41, 5.74) is 15.4. The van der Waals surface area contributed by atoms with E-state index in [1.54, 1.807) is 0 Å². The Balaban J connectivity index is 0.000000169. The number of halogens is 2. The Hall–Kier alpha value is -4.58. The van der Waals surface area contributed by atoms with Gasteiger partial charge in [0.05, 0.1) is 35.2 Å². The van der Waals surface area contributed by atoms with Crippen LogP contribution in [0.5, 0.6) is 0 Å². The molecule has 67 heavy (non-hydrogen) atoms. The minimum atomic E-state index is -0.390. The van der Waals surface area contributed by atoms with Crippen LogP contribution in [-0.4, -0.2) is 72.1 Å². The lowest BCUT2D eigenvalue weighted by Crippen LogP contribution is -2.43. The number of nitrogens with one attached hydrogen (secondary N) is 1. The van der Waals surface area contributed by atoms with Crippen molar-refractivity contribution < 1.29 is 5.02 Å². The third-order valence-corrected chi connectivity index (χ3v) is 16.0. The van der Waals surface area contributed by atoms with Crippen molar-refractivity contribution in [3.8, 4) is 0 Å². The molecule has 0 radical (unpaired) electrons. The molecule has 0 bridgehead atoms. The number of fused-ring (bicyclic) bond motifs is 4. The smallest absolute Gasteiger partial charge is 0.376 e. The van der Waals surface area contributed by atoms with Crippen LogP contribution in [0.2, 0.25) is 6.82 Å². The lowest BCUT2D eigenvalue weighted by atomic mass is 9.76.